The van der Waals surface area contributed by atoms with Crippen LogP contribution >= 0.6 is 0 Å². The molecular formula is C4H6NOTi. The summed E-state index contributed by atoms with van der Waals surface area (Å²) in [5.74, 6) is 0.574. The number of hydrogen-bond donors (Lipinski definition) is 1. The number of carbonyl (C=O) groups is 1. The number of amides is 1. The van der Waals surface area contributed by atoms with E-state index in [4.69, 9.17) is 0 Å². The van der Waals surface area contributed by atoms with Crippen molar-refractivity contribution in [2.45, 2.75) is 12.8 Å². The second-order valence-electron chi connectivity index (χ2n) is 1.76. The molecule has 37 valence electrons. The molecule has 0 aliphatic heterocycles. The van der Waals surface area contributed by atoms with Crippen LogP contribution in [0.2, 0.25) is 0 Å². The quantitative estimate of drug-likeness (QED) is 0.499. The van der Waals surface area contributed by atoms with Gasteiger partial charge in [-0.15, -0.1) is 0 Å². The molecule has 3 heteroatoms. The summed E-state index contributed by atoms with van der Waals surface area (Å²) < 4.78 is 2.59. The maximum atomic E-state index is 10.5. The molecule has 0 aromatic heterocycles. The number of nitrogens with one attached hydrogen (secondary N) is 1. The molecule has 1 aliphatic rings. The predicted octanol–water partition coefficient (Wildman–Crippen LogP) is -0.0256. The molecule has 1 amide bonds. The topological polar surface area (TPSA) is 29.1 Å². The average molecular weight is 132 g/mol. The Labute approximate surface area is 54.4 Å². The Bertz CT molecular complexity index is 89.7. The Balaban J connectivity index is 2.24. The first-order valence-electron chi connectivity index (χ1n) is 2.31. The second-order valence-corrected chi connectivity index (χ2v) is 2.15. The van der Waals surface area contributed by atoms with Gasteiger partial charge >= 0.3 is 54.0 Å². The Hall–Kier alpha value is 0.184. The van der Waals surface area contributed by atoms with Gasteiger partial charge in [-0.2, -0.15) is 0 Å². The molecule has 1 saturated carbocycles. The van der Waals surface area contributed by atoms with Gasteiger partial charge in [-0.05, 0) is 0 Å². The first-order chi connectivity index (χ1) is 3.34. The molecule has 1 N–H and O–H groups in total. The fourth-order valence-electron chi connectivity index (χ4n) is 0.448. The monoisotopic (exact) mass is 132 g/mol. The molecule has 0 atom stereocenters. The molecule has 2 nitrogen and oxygen atoms in total. The third-order valence-electron chi connectivity index (χ3n) is 1.07. The summed E-state index contributed by atoms with van der Waals surface area (Å²) in [6, 6.07) is 0. The first-order valence-corrected chi connectivity index (χ1v) is 3.09. The molecule has 1 aliphatic carbocycles. The first kappa shape index (κ1) is 5.32. The Kier molecular flexibility index (Phi) is 1.50. The van der Waals surface area contributed by atoms with E-state index in [1.807, 2.05) is 0 Å². The van der Waals surface area contributed by atoms with Crippen LogP contribution in [0.5, 0.6) is 0 Å². The third kappa shape index (κ3) is 1.28. The third-order valence-corrected chi connectivity index (χ3v) is 1.46. The minimum absolute atomic E-state index is 0.208. The summed E-state index contributed by atoms with van der Waals surface area (Å²) in [5, 5.41) is 0. The van der Waals surface area contributed by atoms with Crippen LogP contribution in [0, 0.1) is 5.92 Å². The molecule has 1 rings (SSSR count). The van der Waals surface area contributed by atoms with E-state index in [2.05, 4.69) is 3.80 Å². The summed E-state index contributed by atoms with van der Waals surface area (Å²) >= 11 is 1.68. The Morgan fingerprint density at radius 2 is 2.29 bits per heavy atom. The fourth-order valence-corrected chi connectivity index (χ4v) is 0.766. The van der Waals surface area contributed by atoms with E-state index in [0.29, 0.717) is 5.92 Å². The van der Waals surface area contributed by atoms with Crippen molar-refractivity contribution in [2.75, 3.05) is 0 Å². The van der Waals surface area contributed by atoms with Gasteiger partial charge < -0.3 is 0 Å². The zero-order chi connectivity index (χ0) is 5.28. The van der Waals surface area contributed by atoms with Crippen LogP contribution in [0.25, 0.3) is 0 Å². The number of hydrogen-bond acceptors (Lipinski definition) is 1. The van der Waals surface area contributed by atoms with Crippen molar-refractivity contribution < 1.29 is 25.5 Å². The molecule has 0 unspecified atom stereocenters. The van der Waals surface area contributed by atoms with Gasteiger partial charge in [0.1, 0.15) is 0 Å². The van der Waals surface area contributed by atoms with Crippen molar-refractivity contribution in [1.29, 1.82) is 0 Å². The fraction of sp³-hybridized carbons (Fsp3) is 0.750. The normalized spacial score (nSPS) is 18.7. The van der Waals surface area contributed by atoms with Crippen molar-refractivity contribution in [1.82, 2.24) is 3.80 Å². The van der Waals surface area contributed by atoms with E-state index >= 15 is 0 Å². The molecular weight excluding hydrogens is 126 g/mol. The van der Waals surface area contributed by atoms with Crippen LogP contribution in [0.1, 0.15) is 12.8 Å². The van der Waals surface area contributed by atoms with Crippen LogP contribution in [0.4, 0.5) is 0 Å². The van der Waals surface area contributed by atoms with E-state index in [9.17, 15) is 4.79 Å². The standard InChI is InChI=1S/C4H7NO.Ti/c5-4(6)3-1-2-3;/h3H,1-2H2,(H2,5,6);/q;+1/p-1. The predicted molar refractivity (Wildman–Crippen MR) is 20.9 cm³/mol. The summed E-state index contributed by atoms with van der Waals surface area (Å²) in [6.45, 7) is 0. The molecule has 1 fully saturated rings. The van der Waals surface area contributed by atoms with Gasteiger partial charge in [-0.25, -0.2) is 0 Å². The van der Waals surface area contributed by atoms with Gasteiger partial charge in [-0.3, -0.25) is 0 Å². The molecule has 0 heterocycles. The van der Waals surface area contributed by atoms with Crippen LogP contribution in [-0.4, -0.2) is 5.91 Å². The molecule has 0 radical (unpaired) electrons. The van der Waals surface area contributed by atoms with Crippen LogP contribution in [-0.2, 0) is 25.5 Å². The zero-order valence-electron chi connectivity index (χ0n) is 3.90. The molecule has 0 aromatic rings. The zero-order valence-corrected chi connectivity index (χ0v) is 5.46. The van der Waals surface area contributed by atoms with Crippen LogP contribution in [0.15, 0.2) is 0 Å². The average Bonchev–Trinajstić information content (AvgIpc) is 2.44. The van der Waals surface area contributed by atoms with Gasteiger partial charge in [0.25, 0.3) is 0 Å². The summed E-state index contributed by atoms with van der Waals surface area (Å²) in [6.07, 6.45) is 2.19. The summed E-state index contributed by atoms with van der Waals surface area (Å²) in [7, 11) is 0. The van der Waals surface area contributed by atoms with Crippen LogP contribution < -0.4 is 3.80 Å². The van der Waals surface area contributed by atoms with Crippen molar-refractivity contribution in [3.63, 3.8) is 0 Å². The maximum absolute atomic E-state index is 10.5. The van der Waals surface area contributed by atoms with Crippen molar-refractivity contribution in [3.05, 3.63) is 0 Å². The number of carbonyl (C=O) groups excluding carboxylic acids is 1. The molecule has 0 spiro atoms. The SMILES string of the molecule is O=C([NH][Ti])C1CC1. The van der Waals surface area contributed by atoms with Gasteiger partial charge in [0.2, 0.25) is 0 Å². The molecule has 0 aromatic carbocycles. The van der Waals surface area contributed by atoms with Gasteiger partial charge in [0, 0.05) is 0 Å². The van der Waals surface area contributed by atoms with Gasteiger partial charge in [0.05, 0.1) is 0 Å². The molecule has 7 heavy (non-hydrogen) atoms. The summed E-state index contributed by atoms with van der Waals surface area (Å²) in [4.78, 5) is 10.5. The van der Waals surface area contributed by atoms with E-state index < -0.39 is 0 Å². The summed E-state index contributed by atoms with van der Waals surface area (Å²) in [5.41, 5.74) is 0. The molecule has 0 saturated heterocycles. The van der Waals surface area contributed by atoms with E-state index in [0.717, 1.165) is 12.8 Å². The van der Waals surface area contributed by atoms with Crippen molar-refractivity contribution in [2.24, 2.45) is 5.92 Å². The van der Waals surface area contributed by atoms with Crippen LogP contribution in [0.3, 0.4) is 0 Å². The van der Waals surface area contributed by atoms with Gasteiger partial charge in [-0.1, -0.05) is 0 Å². The van der Waals surface area contributed by atoms with Crippen molar-refractivity contribution >= 4 is 5.91 Å². The van der Waals surface area contributed by atoms with E-state index in [-0.39, 0.29) is 5.91 Å². The Morgan fingerprint density at radius 3 is 2.43 bits per heavy atom. The van der Waals surface area contributed by atoms with Gasteiger partial charge in [0.15, 0.2) is 0 Å². The van der Waals surface area contributed by atoms with E-state index in [1.165, 1.54) is 0 Å². The minimum atomic E-state index is 0.208. The Morgan fingerprint density at radius 1 is 1.71 bits per heavy atom. The number of rotatable bonds is 1. The van der Waals surface area contributed by atoms with E-state index in [1.54, 1.807) is 20.7 Å². The molecule has 0 bridgehead atoms. The second kappa shape index (κ2) is 1.97. The van der Waals surface area contributed by atoms with Crippen molar-refractivity contribution in [3.8, 4) is 0 Å².